The molecule has 0 aliphatic carbocycles. The molecule has 0 bridgehead atoms. The Balaban J connectivity index is 2.16. The van der Waals surface area contributed by atoms with E-state index in [9.17, 15) is 0 Å². The lowest BCUT2D eigenvalue weighted by Gasteiger charge is -2.12. The molecule has 94 valence electrons. The van der Waals surface area contributed by atoms with Crippen molar-refractivity contribution in [1.29, 1.82) is 0 Å². The van der Waals surface area contributed by atoms with Crippen molar-refractivity contribution >= 4 is 43.5 Å². The van der Waals surface area contributed by atoms with Crippen LogP contribution in [-0.2, 0) is 6.42 Å². The number of hydrogen-bond acceptors (Lipinski definition) is 0. The first-order valence-electron chi connectivity index (χ1n) is 5.70. The Labute approximate surface area is 130 Å². The SMILES string of the molecule is Cc1cc(Br)cc(C(Br)Cc2ccc(Cl)cc2)c1. The van der Waals surface area contributed by atoms with Gasteiger partial charge in [0.1, 0.15) is 0 Å². The predicted molar refractivity (Wildman–Crippen MR) is 85.7 cm³/mol. The second kappa shape index (κ2) is 6.23. The molecule has 1 unspecified atom stereocenters. The molecule has 0 N–H and O–H groups in total. The highest BCUT2D eigenvalue weighted by molar-refractivity contribution is 9.10. The van der Waals surface area contributed by atoms with Gasteiger partial charge in [0.25, 0.3) is 0 Å². The Hall–Kier alpha value is -0.310. The van der Waals surface area contributed by atoms with Crippen LogP contribution < -0.4 is 0 Å². The molecule has 0 saturated heterocycles. The van der Waals surface area contributed by atoms with E-state index >= 15 is 0 Å². The third-order valence-electron chi connectivity index (χ3n) is 2.75. The number of alkyl halides is 1. The van der Waals surface area contributed by atoms with E-state index in [4.69, 9.17) is 11.6 Å². The van der Waals surface area contributed by atoms with Crippen LogP contribution in [0, 0.1) is 6.92 Å². The molecule has 0 aliphatic rings. The maximum Gasteiger partial charge on any atom is 0.0436 e. The minimum Gasteiger partial charge on any atom is -0.0843 e. The van der Waals surface area contributed by atoms with Crippen LogP contribution >= 0.6 is 43.5 Å². The summed E-state index contributed by atoms with van der Waals surface area (Å²) in [6.07, 6.45) is 0.951. The van der Waals surface area contributed by atoms with Gasteiger partial charge < -0.3 is 0 Å². The van der Waals surface area contributed by atoms with Crippen LogP contribution in [0.15, 0.2) is 46.9 Å². The van der Waals surface area contributed by atoms with E-state index in [1.807, 2.05) is 12.1 Å². The highest BCUT2D eigenvalue weighted by Crippen LogP contribution is 2.30. The fourth-order valence-electron chi connectivity index (χ4n) is 1.89. The van der Waals surface area contributed by atoms with Crippen molar-refractivity contribution in [3.63, 3.8) is 0 Å². The van der Waals surface area contributed by atoms with Gasteiger partial charge in [0.05, 0.1) is 0 Å². The van der Waals surface area contributed by atoms with Crippen LogP contribution in [0.2, 0.25) is 5.02 Å². The number of halogens is 3. The summed E-state index contributed by atoms with van der Waals surface area (Å²) in [4.78, 5) is 0.315. The van der Waals surface area contributed by atoms with Gasteiger partial charge in [0, 0.05) is 14.3 Å². The molecule has 0 nitrogen and oxygen atoms in total. The number of hydrogen-bond donors (Lipinski definition) is 0. The molecule has 0 fully saturated rings. The van der Waals surface area contributed by atoms with Gasteiger partial charge in [-0.05, 0) is 54.3 Å². The predicted octanol–water partition coefficient (Wildman–Crippen LogP) is 6.09. The van der Waals surface area contributed by atoms with Crippen molar-refractivity contribution in [2.24, 2.45) is 0 Å². The van der Waals surface area contributed by atoms with Crippen LogP contribution in [0.4, 0.5) is 0 Å². The van der Waals surface area contributed by atoms with Gasteiger partial charge in [-0.2, -0.15) is 0 Å². The van der Waals surface area contributed by atoms with Gasteiger partial charge in [-0.15, -0.1) is 0 Å². The van der Waals surface area contributed by atoms with Crippen molar-refractivity contribution in [2.75, 3.05) is 0 Å². The van der Waals surface area contributed by atoms with Gasteiger partial charge >= 0.3 is 0 Å². The third-order valence-corrected chi connectivity index (χ3v) is 4.32. The normalized spacial score (nSPS) is 12.4. The van der Waals surface area contributed by atoms with E-state index < -0.39 is 0 Å². The van der Waals surface area contributed by atoms with Gasteiger partial charge in [0.15, 0.2) is 0 Å². The molecule has 0 spiro atoms. The summed E-state index contributed by atoms with van der Waals surface area (Å²) in [5.74, 6) is 0. The first-order valence-corrected chi connectivity index (χ1v) is 7.79. The van der Waals surface area contributed by atoms with E-state index in [1.54, 1.807) is 0 Å². The standard InChI is InChI=1S/C15H13Br2Cl/c1-10-6-12(9-13(16)7-10)15(17)8-11-2-4-14(18)5-3-11/h2-7,9,15H,8H2,1H3. The number of rotatable bonds is 3. The zero-order chi connectivity index (χ0) is 13.1. The summed E-state index contributed by atoms with van der Waals surface area (Å²) in [5, 5.41) is 0.781. The largest absolute Gasteiger partial charge is 0.0843 e. The fourth-order valence-corrected chi connectivity index (χ4v) is 3.28. The first-order chi connectivity index (χ1) is 8.54. The summed E-state index contributed by atoms with van der Waals surface area (Å²) in [6.45, 7) is 2.11. The molecular formula is C15H13Br2Cl. The zero-order valence-electron chi connectivity index (χ0n) is 9.96. The lowest BCUT2D eigenvalue weighted by atomic mass is 10.0. The minimum atomic E-state index is 0.315. The number of aryl methyl sites for hydroxylation is 1. The van der Waals surface area contributed by atoms with Crippen LogP contribution in [0.5, 0.6) is 0 Å². The smallest absolute Gasteiger partial charge is 0.0436 e. The lowest BCUT2D eigenvalue weighted by molar-refractivity contribution is 0.946. The fraction of sp³-hybridized carbons (Fsp3) is 0.200. The number of benzene rings is 2. The monoisotopic (exact) mass is 386 g/mol. The molecule has 2 aromatic carbocycles. The maximum atomic E-state index is 5.89. The Morgan fingerprint density at radius 1 is 1.11 bits per heavy atom. The molecule has 0 heterocycles. The first kappa shape index (κ1) is 14.1. The molecule has 18 heavy (non-hydrogen) atoms. The highest BCUT2D eigenvalue weighted by atomic mass is 79.9. The van der Waals surface area contributed by atoms with Gasteiger partial charge in [-0.3, -0.25) is 0 Å². The Morgan fingerprint density at radius 2 is 1.78 bits per heavy atom. The van der Waals surface area contributed by atoms with Gasteiger partial charge in [-0.1, -0.05) is 61.7 Å². The average Bonchev–Trinajstić information content (AvgIpc) is 2.31. The van der Waals surface area contributed by atoms with Crippen LogP contribution in [0.3, 0.4) is 0 Å². The molecular weight excluding hydrogens is 375 g/mol. The lowest BCUT2D eigenvalue weighted by Crippen LogP contribution is -1.96. The zero-order valence-corrected chi connectivity index (χ0v) is 13.9. The Bertz CT molecular complexity index is 514. The van der Waals surface area contributed by atoms with Crippen LogP contribution in [-0.4, -0.2) is 0 Å². The van der Waals surface area contributed by atoms with E-state index in [2.05, 4.69) is 69.1 Å². The quantitative estimate of drug-likeness (QED) is 0.558. The van der Waals surface area contributed by atoms with E-state index in [0.717, 1.165) is 15.9 Å². The van der Waals surface area contributed by atoms with Crippen molar-refractivity contribution < 1.29 is 0 Å². The highest BCUT2D eigenvalue weighted by Gasteiger charge is 2.09. The second-order valence-corrected chi connectivity index (χ2v) is 6.82. The minimum absolute atomic E-state index is 0.315. The summed E-state index contributed by atoms with van der Waals surface area (Å²) >= 11 is 13.2. The molecule has 0 aliphatic heterocycles. The van der Waals surface area contributed by atoms with Crippen molar-refractivity contribution in [2.45, 2.75) is 18.2 Å². The molecule has 2 aromatic rings. The molecule has 0 saturated carbocycles. The van der Waals surface area contributed by atoms with Gasteiger partial charge in [-0.25, -0.2) is 0 Å². The van der Waals surface area contributed by atoms with Crippen LogP contribution in [0.1, 0.15) is 21.5 Å². The summed E-state index contributed by atoms with van der Waals surface area (Å²) in [6, 6.07) is 14.5. The van der Waals surface area contributed by atoms with Crippen molar-refractivity contribution in [3.8, 4) is 0 Å². The molecule has 1 atom stereocenters. The Morgan fingerprint density at radius 3 is 2.39 bits per heavy atom. The third kappa shape index (κ3) is 3.84. The topological polar surface area (TPSA) is 0 Å². The maximum absolute atomic E-state index is 5.89. The summed E-state index contributed by atoms with van der Waals surface area (Å²) in [7, 11) is 0. The molecule has 3 heteroatoms. The average molecular weight is 389 g/mol. The van der Waals surface area contributed by atoms with E-state index in [0.29, 0.717) is 4.83 Å². The van der Waals surface area contributed by atoms with Crippen molar-refractivity contribution in [1.82, 2.24) is 0 Å². The molecule has 0 amide bonds. The molecule has 0 radical (unpaired) electrons. The summed E-state index contributed by atoms with van der Waals surface area (Å²) < 4.78 is 1.12. The van der Waals surface area contributed by atoms with Crippen molar-refractivity contribution in [3.05, 3.63) is 68.7 Å². The summed E-state index contributed by atoms with van der Waals surface area (Å²) in [5.41, 5.74) is 3.83. The molecule has 0 aromatic heterocycles. The van der Waals surface area contributed by atoms with E-state index in [-0.39, 0.29) is 0 Å². The van der Waals surface area contributed by atoms with Crippen LogP contribution in [0.25, 0.3) is 0 Å². The molecule has 2 rings (SSSR count). The Kier molecular flexibility index (Phi) is 4.88. The van der Waals surface area contributed by atoms with E-state index in [1.165, 1.54) is 16.7 Å². The second-order valence-electron chi connectivity index (χ2n) is 4.36. The van der Waals surface area contributed by atoms with Gasteiger partial charge in [0.2, 0.25) is 0 Å².